The van der Waals surface area contributed by atoms with E-state index >= 15 is 0 Å². The summed E-state index contributed by atoms with van der Waals surface area (Å²) < 4.78 is 22.7. The quantitative estimate of drug-likeness (QED) is 0.480. The molecular formula is C24H25NO5. The summed E-state index contributed by atoms with van der Waals surface area (Å²) in [5, 5.41) is 4.09. The minimum atomic E-state index is -0.250. The molecule has 0 bridgehead atoms. The SMILES string of the molecule is CC(=O)c1c(COC2CCCCO2)noc1-c1ccc(OCc2ccccc2)cc1. The average molecular weight is 407 g/mol. The molecule has 1 saturated heterocycles. The zero-order valence-electron chi connectivity index (χ0n) is 17.0. The normalized spacial score (nSPS) is 16.4. The summed E-state index contributed by atoms with van der Waals surface area (Å²) in [5.41, 5.74) is 2.81. The molecule has 2 heterocycles. The molecule has 1 atom stereocenters. The van der Waals surface area contributed by atoms with Crippen LogP contribution in [0.2, 0.25) is 0 Å². The zero-order valence-corrected chi connectivity index (χ0v) is 17.0. The lowest BCUT2D eigenvalue weighted by Crippen LogP contribution is -2.22. The smallest absolute Gasteiger partial charge is 0.178 e. The summed E-state index contributed by atoms with van der Waals surface area (Å²) in [6.07, 6.45) is 2.73. The zero-order chi connectivity index (χ0) is 20.8. The molecule has 4 rings (SSSR count). The summed E-state index contributed by atoms with van der Waals surface area (Å²) in [5.74, 6) is 1.07. The molecule has 0 N–H and O–H groups in total. The van der Waals surface area contributed by atoms with Crippen LogP contribution >= 0.6 is 0 Å². The van der Waals surface area contributed by atoms with Crippen LogP contribution in [-0.2, 0) is 22.7 Å². The maximum Gasteiger partial charge on any atom is 0.178 e. The second-order valence-electron chi connectivity index (χ2n) is 7.30. The molecule has 1 aliphatic rings. The number of carbonyl (C=O) groups excluding carboxylic acids is 1. The van der Waals surface area contributed by atoms with Crippen LogP contribution in [0.3, 0.4) is 0 Å². The van der Waals surface area contributed by atoms with Gasteiger partial charge in [-0.05, 0) is 56.0 Å². The third kappa shape index (κ3) is 4.96. The summed E-state index contributed by atoms with van der Waals surface area (Å²) in [7, 11) is 0. The van der Waals surface area contributed by atoms with Gasteiger partial charge in [0, 0.05) is 12.2 Å². The lowest BCUT2D eigenvalue weighted by atomic mass is 10.0. The van der Waals surface area contributed by atoms with Gasteiger partial charge in [-0.1, -0.05) is 35.5 Å². The number of hydrogen-bond acceptors (Lipinski definition) is 6. The van der Waals surface area contributed by atoms with E-state index in [0.29, 0.717) is 30.2 Å². The topological polar surface area (TPSA) is 70.8 Å². The third-order valence-electron chi connectivity index (χ3n) is 5.02. The Morgan fingerprint density at radius 2 is 1.87 bits per heavy atom. The van der Waals surface area contributed by atoms with Gasteiger partial charge in [-0.3, -0.25) is 4.79 Å². The van der Waals surface area contributed by atoms with Gasteiger partial charge in [-0.15, -0.1) is 0 Å². The fourth-order valence-electron chi connectivity index (χ4n) is 3.44. The van der Waals surface area contributed by atoms with Gasteiger partial charge in [0.1, 0.15) is 18.1 Å². The molecule has 0 saturated carbocycles. The van der Waals surface area contributed by atoms with Crippen molar-refractivity contribution in [3.05, 3.63) is 71.4 Å². The molecule has 1 aliphatic heterocycles. The summed E-state index contributed by atoms with van der Waals surface area (Å²) in [4.78, 5) is 12.3. The van der Waals surface area contributed by atoms with Crippen LogP contribution in [0.5, 0.6) is 5.75 Å². The van der Waals surface area contributed by atoms with E-state index < -0.39 is 0 Å². The van der Waals surface area contributed by atoms with E-state index in [1.54, 1.807) is 0 Å². The number of rotatable bonds is 8. The number of ether oxygens (including phenoxy) is 3. The number of Topliss-reactive ketones (excluding diaryl/α,β-unsaturated/α-hetero) is 1. The minimum Gasteiger partial charge on any atom is -0.489 e. The van der Waals surface area contributed by atoms with Crippen molar-refractivity contribution in [1.29, 1.82) is 0 Å². The Kier molecular flexibility index (Phi) is 6.57. The van der Waals surface area contributed by atoms with Gasteiger partial charge in [-0.2, -0.15) is 0 Å². The first-order valence-electron chi connectivity index (χ1n) is 10.2. The summed E-state index contributed by atoms with van der Waals surface area (Å²) >= 11 is 0. The maximum absolute atomic E-state index is 12.3. The Hall–Kier alpha value is -2.96. The number of nitrogens with zero attached hydrogens (tertiary/aromatic N) is 1. The van der Waals surface area contributed by atoms with Crippen LogP contribution in [0.1, 0.15) is 47.8 Å². The van der Waals surface area contributed by atoms with Gasteiger partial charge in [0.15, 0.2) is 17.8 Å². The van der Waals surface area contributed by atoms with Crippen LogP contribution in [0, 0.1) is 0 Å². The van der Waals surface area contributed by atoms with Crippen molar-refractivity contribution in [3.63, 3.8) is 0 Å². The van der Waals surface area contributed by atoms with E-state index in [1.807, 2.05) is 54.6 Å². The first kappa shape index (κ1) is 20.3. The minimum absolute atomic E-state index is 0.112. The lowest BCUT2D eigenvalue weighted by Gasteiger charge is -2.22. The predicted molar refractivity (Wildman–Crippen MR) is 111 cm³/mol. The number of ketones is 1. The Balaban J connectivity index is 1.44. The van der Waals surface area contributed by atoms with Crippen molar-refractivity contribution in [2.24, 2.45) is 0 Å². The molecule has 1 fully saturated rings. The van der Waals surface area contributed by atoms with Crippen molar-refractivity contribution in [3.8, 4) is 17.1 Å². The highest BCUT2D eigenvalue weighted by Crippen LogP contribution is 2.29. The monoisotopic (exact) mass is 407 g/mol. The molecule has 6 nitrogen and oxygen atoms in total. The molecule has 0 aliphatic carbocycles. The molecule has 0 radical (unpaired) electrons. The van der Waals surface area contributed by atoms with Crippen LogP contribution < -0.4 is 4.74 Å². The molecule has 0 amide bonds. The largest absolute Gasteiger partial charge is 0.489 e. The fraction of sp³-hybridized carbons (Fsp3) is 0.333. The van der Waals surface area contributed by atoms with Crippen LogP contribution in [0.4, 0.5) is 0 Å². The van der Waals surface area contributed by atoms with Crippen molar-refractivity contribution >= 4 is 5.78 Å². The maximum atomic E-state index is 12.3. The molecule has 0 spiro atoms. The van der Waals surface area contributed by atoms with Crippen LogP contribution in [0.25, 0.3) is 11.3 Å². The Morgan fingerprint density at radius 1 is 1.07 bits per heavy atom. The van der Waals surface area contributed by atoms with Crippen molar-refractivity contribution in [2.75, 3.05) is 6.61 Å². The second-order valence-corrected chi connectivity index (χ2v) is 7.30. The molecule has 3 aromatic rings. The van der Waals surface area contributed by atoms with Gasteiger partial charge < -0.3 is 18.7 Å². The van der Waals surface area contributed by atoms with Gasteiger partial charge in [0.05, 0.1) is 12.2 Å². The second kappa shape index (κ2) is 9.69. The van der Waals surface area contributed by atoms with E-state index in [0.717, 1.165) is 36.1 Å². The summed E-state index contributed by atoms with van der Waals surface area (Å²) in [6.45, 7) is 2.88. The molecular weight excluding hydrogens is 382 g/mol. The van der Waals surface area contributed by atoms with E-state index in [2.05, 4.69) is 5.16 Å². The van der Waals surface area contributed by atoms with Crippen LogP contribution in [-0.4, -0.2) is 23.8 Å². The van der Waals surface area contributed by atoms with Gasteiger partial charge in [-0.25, -0.2) is 0 Å². The summed E-state index contributed by atoms with van der Waals surface area (Å²) in [6, 6.07) is 17.4. The first-order chi connectivity index (χ1) is 14.7. The van der Waals surface area contributed by atoms with E-state index in [1.165, 1.54) is 6.92 Å². The van der Waals surface area contributed by atoms with Crippen molar-refractivity contribution in [1.82, 2.24) is 5.16 Å². The number of aromatic nitrogens is 1. The van der Waals surface area contributed by atoms with Gasteiger partial charge >= 0.3 is 0 Å². The van der Waals surface area contributed by atoms with E-state index in [4.69, 9.17) is 18.7 Å². The van der Waals surface area contributed by atoms with Crippen molar-refractivity contribution in [2.45, 2.75) is 45.7 Å². The Labute approximate surface area is 175 Å². The number of benzene rings is 2. The molecule has 6 heteroatoms. The van der Waals surface area contributed by atoms with Crippen molar-refractivity contribution < 1.29 is 23.5 Å². The molecule has 1 unspecified atom stereocenters. The predicted octanol–water partition coefficient (Wildman–Crippen LogP) is 5.17. The lowest BCUT2D eigenvalue weighted by molar-refractivity contribution is -0.169. The molecule has 30 heavy (non-hydrogen) atoms. The first-order valence-corrected chi connectivity index (χ1v) is 10.2. The van der Waals surface area contributed by atoms with E-state index in [-0.39, 0.29) is 18.7 Å². The molecule has 1 aromatic heterocycles. The van der Waals surface area contributed by atoms with E-state index in [9.17, 15) is 4.79 Å². The van der Waals surface area contributed by atoms with Gasteiger partial charge in [0.2, 0.25) is 0 Å². The Bertz CT molecular complexity index is 959. The van der Waals surface area contributed by atoms with Crippen LogP contribution in [0.15, 0.2) is 59.1 Å². The highest BCUT2D eigenvalue weighted by Gasteiger charge is 2.23. The highest BCUT2D eigenvalue weighted by atomic mass is 16.7. The average Bonchev–Trinajstić information content (AvgIpc) is 3.22. The standard InChI is InChI=1S/C24H25NO5/c1-17(26)23-21(16-29-22-9-5-6-14-27-22)25-30-24(23)19-10-12-20(13-11-19)28-15-18-7-3-2-4-8-18/h2-4,7-8,10-13,22H,5-6,9,14-16H2,1H3. The molecule has 156 valence electrons. The molecule has 2 aromatic carbocycles. The number of hydrogen-bond donors (Lipinski definition) is 0. The third-order valence-corrected chi connectivity index (χ3v) is 5.02. The highest BCUT2D eigenvalue weighted by molar-refractivity contribution is 6.00. The number of carbonyl (C=O) groups is 1. The fourth-order valence-corrected chi connectivity index (χ4v) is 3.44. The Morgan fingerprint density at radius 3 is 2.57 bits per heavy atom. The van der Waals surface area contributed by atoms with Gasteiger partial charge in [0.25, 0.3) is 0 Å².